The smallest absolute Gasteiger partial charge is 0.141 e. The lowest BCUT2D eigenvalue weighted by Crippen LogP contribution is -2.19. The molecule has 4 heteroatoms. The summed E-state index contributed by atoms with van der Waals surface area (Å²) in [6.07, 6.45) is 0.959. The molecule has 0 saturated carbocycles. The molecule has 0 amide bonds. The number of amidine groups is 1. The molecular weight excluding hydrogens is 296 g/mol. The van der Waals surface area contributed by atoms with Crippen LogP contribution >= 0.6 is 12.4 Å². The summed E-state index contributed by atoms with van der Waals surface area (Å²) in [5, 5.41) is 3.26. The van der Waals surface area contributed by atoms with E-state index in [9.17, 15) is 4.79 Å². The van der Waals surface area contributed by atoms with Crippen molar-refractivity contribution in [3.8, 4) is 0 Å². The second-order valence-electron chi connectivity index (χ2n) is 5.24. The van der Waals surface area contributed by atoms with Crippen LogP contribution in [0, 0.1) is 0 Å². The minimum absolute atomic E-state index is 0. The Kier molecular flexibility index (Phi) is 5.73. The average Bonchev–Trinajstić information content (AvgIpc) is 3.02. The molecule has 0 aromatic heterocycles. The molecule has 0 unspecified atom stereocenters. The van der Waals surface area contributed by atoms with Gasteiger partial charge in [-0.05, 0) is 17.2 Å². The Morgan fingerprint density at radius 3 is 2.45 bits per heavy atom. The van der Waals surface area contributed by atoms with Gasteiger partial charge in [-0.25, -0.2) is 0 Å². The van der Waals surface area contributed by atoms with Gasteiger partial charge in [0.25, 0.3) is 0 Å². The molecule has 3 nitrogen and oxygen atoms in total. The number of nitrogens with one attached hydrogen (secondary N) is 1. The van der Waals surface area contributed by atoms with Gasteiger partial charge in [-0.1, -0.05) is 48.5 Å². The summed E-state index contributed by atoms with van der Waals surface area (Å²) < 4.78 is 0. The highest BCUT2D eigenvalue weighted by Gasteiger charge is 2.10. The van der Waals surface area contributed by atoms with Gasteiger partial charge in [0, 0.05) is 24.9 Å². The van der Waals surface area contributed by atoms with E-state index in [4.69, 9.17) is 0 Å². The van der Waals surface area contributed by atoms with Crippen LogP contribution in [0.15, 0.2) is 59.6 Å². The maximum atomic E-state index is 12.2. The van der Waals surface area contributed by atoms with Crippen molar-refractivity contribution in [1.82, 2.24) is 5.32 Å². The number of hydrogen-bond acceptors (Lipinski definition) is 3. The summed E-state index contributed by atoms with van der Waals surface area (Å²) in [7, 11) is 0. The first kappa shape index (κ1) is 16.2. The van der Waals surface area contributed by atoms with E-state index < -0.39 is 0 Å². The molecule has 114 valence electrons. The molecule has 0 aliphatic carbocycles. The molecule has 1 heterocycles. The molecule has 0 bridgehead atoms. The molecule has 2 aromatic rings. The quantitative estimate of drug-likeness (QED) is 0.922. The number of rotatable bonds is 5. The van der Waals surface area contributed by atoms with Crippen LogP contribution in [0.25, 0.3) is 0 Å². The molecule has 1 N–H and O–H groups in total. The minimum atomic E-state index is 0. The number of hydrogen-bond donors (Lipinski definition) is 1. The maximum Gasteiger partial charge on any atom is 0.141 e. The third kappa shape index (κ3) is 4.18. The van der Waals surface area contributed by atoms with Crippen molar-refractivity contribution < 1.29 is 4.79 Å². The molecule has 0 radical (unpaired) electrons. The molecule has 0 fully saturated rings. The zero-order valence-electron chi connectivity index (χ0n) is 12.3. The van der Waals surface area contributed by atoms with Crippen LogP contribution in [-0.2, 0) is 17.6 Å². The third-order valence-corrected chi connectivity index (χ3v) is 3.52. The summed E-state index contributed by atoms with van der Waals surface area (Å²) in [6, 6.07) is 18.0. The van der Waals surface area contributed by atoms with E-state index in [1.807, 2.05) is 48.5 Å². The van der Waals surface area contributed by atoms with Crippen LogP contribution in [0.3, 0.4) is 0 Å². The first-order valence-electron chi connectivity index (χ1n) is 7.24. The molecule has 1 aliphatic rings. The fourth-order valence-electron chi connectivity index (χ4n) is 2.53. The van der Waals surface area contributed by atoms with Crippen LogP contribution in [0.1, 0.15) is 16.7 Å². The number of ketones is 1. The fraction of sp³-hybridized carbons (Fsp3) is 0.222. The van der Waals surface area contributed by atoms with Gasteiger partial charge in [0.2, 0.25) is 0 Å². The van der Waals surface area contributed by atoms with E-state index in [-0.39, 0.29) is 18.2 Å². The van der Waals surface area contributed by atoms with E-state index >= 15 is 0 Å². The summed E-state index contributed by atoms with van der Waals surface area (Å²) in [4.78, 5) is 16.6. The zero-order chi connectivity index (χ0) is 14.5. The average molecular weight is 315 g/mol. The predicted molar refractivity (Wildman–Crippen MR) is 92.0 cm³/mol. The number of carbonyl (C=O) groups is 1. The van der Waals surface area contributed by atoms with E-state index in [2.05, 4.69) is 16.4 Å². The number of Topliss-reactive ketones (excluding diaryl/α,β-unsaturated/α-hetero) is 1. The highest BCUT2D eigenvalue weighted by Crippen LogP contribution is 2.10. The van der Waals surface area contributed by atoms with Crippen molar-refractivity contribution in [2.24, 2.45) is 4.99 Å². The van der Waals surface area contributed by atoms with Crippen LogP contribution < -0.4 is 5.32 Å². The van der Waals surface area contributed by atoms with Crippen molar-refractivity contribution in [1.29, 1.82) is 0 Å². The third-order valence-electron chi connectivity index (χ3n) is 3.52. The number of nitrogens with zero attached hydrogens (tertiary/aromatic N) is 1. The monoisotopic (exact) mass is 314 g/mol. The van der Waals surface area contributed by atoms with Crippen LogP contribution in [-0.4, -0.2) is 24.7 Å². The van der Waals surface area contributed by atoms with Crippen LogP contribution in [0.4, 0.5) is 0 Å². The lowest BCUT2D eigenvalue weighted by atomic mass is 10.0. The number of benzene rings is 2. The van der Waals surface area contributed by atoms with Gasteiger partial charge >= 0.3 is 0 Å². The SMILES string of the molecule is Cl.O=C(Cc1ccccc1)Cc1cccc(C2=NCCN2)c1. The molecule has 0 atom stereocenters. The topological polar surface area (TPSA) is 41.5 Å². The highest BCUT2D eigenvalue weighted by molar-refractivity contribution is 6.00. The maximum absolute atomic E-state index is 12.2. The van der Waals surface area contributed by atoms with Gasteiger partial charge in [-0.15, -0.1) is 12.4 Å². The van der Waals surface area contributed by atoms with Gasteiger partial charge in [0.05, 0.1) is 6.54 Å². The van der Waals surface area contributed by atoms with Gasteiger partial charge < -0.3 is 5.32 Å². The fourth-order valence-corrected chi connectivity index (χ4v) is 2.53. The molecule has 22 heavy (non-hydrogen) atoms. The molecule has 0 spiro atoms. The zero-order valence-corrected chi connectivity index (χ0v) is 13.1. The first-order chi connectivity index (χ1) is 10.3. The lowest BCUT2D eigenvalue weighted by molar-refractivity contribution is -0.117. The van der Waals surface area contributed by atoms with Gasteiger partial charge in [-0.2, -0.15) is 0 Å². The van der Waals surface area contributed by atoms with Crippen molar-refractivity contribution in [3.63, 3.8) is 0 Å². The normalized spacial score (nSPS) is 13.0. The Morgan fingerprint density at radius 1 is 1.00 bits per heavy atom. The Bertz CT molecular complexity index is 668. The standard InChI is InChI=1S/C18H18N2O.ClH/c21-17(12-14-5-2-1-3-6-14)13-15-7-4-8-16(11-15)18-19-9-10-20-18;/h1-8,11H,9-10,12-13H2,(H,19,20);1H. The Morgan fingerprint density at radius 2 is 1.73 bits per heavy atom. The second-order valence-corrected chi connectivity index (χ2v) is 5.24. The molecular formula is C18H19ClN2O. The largest absolute Gasteiger partial charge is 0.368 e. The van der Waals surface area contributed by atoms with Crippen LogP contribution in [0.2, 0.25) is 0 Å². The Labute approximate surface area is 136 Å². The minimum Gasteiger partial charge on any atom is -0.368 e. The highest BCUT2D eigenvalue weighted by atomic mass is 35.5. The van der Waals surface area contributed by atoms with Gasteiger partial charge in [0.1, 0.15) is 11.6 Å². The summed E-state index contributed by atoms with van der Waals surface area (Å²) in [6.45, 7) is 1.72. The lowest BCUT2D eigenvalue weighted by Gasteiger charge is -2.06. The number of carbonyl (C=O) groups excluding carboxylic acids is 1. The summed E-state index contributed by atoms with van der Waals surface area (Å²) >= 11 is 0. The molecule has 2 aromatic carbocycles. The second kappa shape index (κ2) is 7.76. The summed E-state index contributed by atoms with van der Waals surface area (Å²) in [5.41, 5.74) is 3.18. The predicted octanol–water partition coefficient (Wildman–Crippen LogP) is 2.81. The Balaban J connectivity index is 0.00000176. The van der Waals surface area contributed by atoms with Crippen molar-refractivity contribution in [2.75, 3.05) is 13.1 Å². The molecule has 3 rings (SSSR count). The van der Waals surface area contributed by atoms with E-state index in [1.165, 1.54) is 0 Å². The van der Waals surface area contributed by atoms with Crippen LogP contribution in [0.5, 0.6) is 0 Å². The van der Waals surface area contributed by atoms with Gasteiger partial charge in [-0.3, -0.25) is 9.79 Å². The van der Waals surface area contributed by atoms with E-state index in [1.54, 1.807) is 0 Å². The van der Waals surface area contributed by atoms with Crippen molar-refractivity contribution in [3.05, 3.63) is 71.3 Å². The number of halogens is 1. The molecule has 1 aliphatic heterocycles. The number of aliphatic imine (C=N–C) groups is 1. The Hall–Kier alpha value is -2.13. The first-order valence-corrected chi connectivity index (χ1v) is 7.24. The van der Waals surface area contributed by atoms with Crippen molar-refractivity contribution >= 4 is 24.0 Å². The molecule has 0 saturated heterocycles. The summed E-state index contributed by atoms with van der Waals surface area (Å²) in [5.74, 6) is 1.17. The van der Waals surface area contributed by atoms with E-state index in [0.29, 0.717) is 12.8 Å². The van der Waals surface area contributed by atoms with Gasteiger partial charge in [0.15, 0.2) is 0 Å². The van der Waals surface area contributed by atoms with E-state index in [0.717, 1.165) is 35.6 Å². The van der Waals surface area contributed by atoms with Crippen molar-refractivity contribution in [2.45, 2.75) is 12.8 Å².